The molecule has 1 aliphatic heterocycles. The summed E-state index contributed by atoms with van der Waals surface area (Å²) in [5.74, 6) is -2.43. The van der Waals surface area contributed by atoms with Gasteiger partial charge in [0.2, 0.25) is 6.23 Å². The highest BCUT2D eigenvalue weighted by Crippen LogP contribution is 2.27. The minimum absolute atomic E-state index is 0.0172. The molecule has 0 unspecified atom stereocenters. The highest BCUT2D eigenvalue weighted by molar-refractivity contribution is 7.85. The first kappa shape index (κ1) is 26.7. The number of nitrogens with zero attached hydrogens (tertiary/aromatic N) is 1. The van der Waals surface area contributed by atoms with E-state index < -0.39 is 40.2 Å². The Bertz CT molecular complexity index is 1190. The van der Waals surface area contributed by atoms with Crippen LogP contribution in [0.5, 0.6) is 0 Å². The number of aryl methyl sites for hydroxylation is 1. The van der Waals surface area contributed by atoms with Gasteiger partial charge in [-0.15, -0.1) is 0 Å². The van der Waals surface area contributed by atoms with Crippen molar-refractivity contribution in [2.45, 2.75) is 44.4 Å². The Labute approximate surface area is 197 Å². The van der Waals surface area contributed by atoms with Crippen LogP contribution in [-0.4, -0.2) is 53.1 Å². The minimum atomic E-state index is -4.02. The number of amides is 1. The first-order valence-electron chi connectivity index (χ1n) is 10.1. The van der Waals surface area contributed by atoms with Crippen LogP contribution < -0.4 is 5.73 Å². The topological polar surface area (TPSA) is 164 Å². The maximum atomic E-state index is 12.0. The number of esters is 1. The standard InChI is InChI=1S/C16H18N2O5.C7H8O3S/c1-9(2)13(16(21)22)18-14(20)12(17)15(18)23-11(19)8-10-6-4-3-5-7-10;1-6-2-4-7(5-3-6)11(8,9)10/h3-7,12,15H,8,17H2,1-2H3,(H,21,22);2-5H,1H3,(H,8,9,10)/t12-,15-;/m1./s1. The lowest BCUT2D eigenvalue weighted by Crippen LogP contribution is -2.70. The first-order chi connectivity index (χ1) is 15.8. The number of hydrogen-bond acceptors (Lipinski definition) is 7. The summed E-state index contributed by atoms with van der Waals surface area (Å²) in [4.78, 5) is 36.0. The van der Waals surface area contributed by atoms with Crippen LogP contribution in [0.4, 0.5) is 0 Å². The Kier molecular flexibility index (Phi) is 8.68. The lowest BCUT2D eigenvalue weighted by Gasteiger charge is -2.44. The summed E-state index contributed by atoms with van der Waals surface area (Å²) in [5.41, 5.74) is 7.57. The molecule has 34 heavy (non-hydrogen) atoms. The molecular weight excluding hydrogens is 464 g/mol. The number of β-lactam (4-membered cyclic amide) rings is 1. The summed E-state index contributed by atoms with van der Waals surface area (Å²) >= 11 is 0. The second-order valence-corrected chi connectivity index (χ2v) is 9.14. The van der Waals surface area contributed by atoms with Crippen molar-refractivity contribution < 1.29 is 37.2 Å². The number of nitrogens with two attached hydrogens (primary N) is 1. The Morgan fingerprint density at radius 3 is 2.09 bits per heavy atom. The van der Waals surface area contributed by atoms with Gasteiger partial charge in [0.15, 0.2) is 0 Å². The van der Waals surface area contributed by atoms with Gasteiger partial charge in [-0.2, -0.15) is 8.42 Å². The Balaban J connectivity index is 0.000000310. The molecule has 0 saturated carbocycles. The van der Waals surface area contributed by atoms with Crippen LogP contribution in [0.2, 0.25) is 0 Å². The number of aliphatic carboxylic acids is 1. The number of hydrogen-bond donors (Lipinski definition) is 3. The number of carboxylic acids is 1. The molecule has 10 nitrogen and oxygen atoms in total. The van der Waals surface area contributed by atoms with Crippen LogP contribution in [0.25, 0.3) is 0 Å². The maximum absolute atomic E-state index is 12.0. The van der Waals surface area contributed by atoms with E-state index >= 15 is 0 Å². The fourth-order valence-electron chi connectivity index (χ4n) is 3.06. The number of rotatable bonds is 6. The zero-order valence-corrected chi connectivity index (χ0v) is 19.7. The van der Waals surface area contributed by atoms with Crippen LogP contribution in [0, 0.1) is 6.92 Å². The highest BCUT2D eigenvalue weighted by atomic mass is 32.2. The molecule has 1 amide bonds. The second-order valence-electron chi connectivity index (χ2n) is 7.72. The second kappa shape index (κ2) is 11.1. The van der Waals surface area contributed by atoms with E-state index in [2.05, 4.69) is 0 Å². The Hall–Kier alpha value is -3.54. The molecule has 0 bridgehead atoms. The van der Waals surface area contributed by atoms with E-state index in [1.54, 1.807) is 50.2 Å². The normalized spacial score (nSPS) is 17.1. The van der Waals surface area contributed by atoms with Crippen molar-refractivity contribution in [3.8, 4) is 0 Å². The number of likely N-dealkylation sites (tertiary alicyclic amines) is 1. The number of carbonyl (C=O) groups excluding carboxylic acids is 2. The molecule has 11 heteroatoms. The molecule has 1 fully saturated rings. The van der Waals surface area contributed by atoms with Crippen molar-refractivity contribution in [1.29, 1.82) is 0 Å². The molecule has 0 aromatic heterocycles. The molecule has 2 aromatic carbocycles. The molecule has 3 rings (SSSR count). The largest absolute Gasteiger partial charge is 0.477 e. The monoisotopic (exact) mass is 490 g/mol. The van der Waals surface area contributed by atoms with Gasteiger partial charge in [0.1, 0.15) is 11.7 Å². The fourth-order valence-corrected chi connectivity index (χ4v) is 3.54. The van der Waals surface area contributed by atoms with E-state index in [4.69, 9.17) is 15.0 Å². The molecule has 0 aliphatic carbocycles. The van der Waals surface area contributed by atoms with Crippen molar-refractivity contribution in [1.82, 2.24) is 4.90 Å². The van der Waals surface area contributed by atoms with Crippen LogP contribution in [0.1, 0.15) is 25.0 Å². The van der Waals surface area contributed by atoms with E-state index in [9.17, 15) is 27.9 Å². The molecule has 0 spiro atoms. The zero-order chi connectivity index (χ0) is 25.6. The fraction of sp³-hybridized carbons (Fsp3) is 0.261. The molecule has 2 aromatic rings. The lowest BCUT2D eigenvalue weighted by atomic mass is 10.0. The third-order valence-corrected chi connectivity index (χ3v) is 5.63. The SMILES string of the molecule is CC(C)=C(C(=O)O)N1C(=O)[C@@H](N)[C@H]1OC(=O)Cc1ccccc1.Cc1ccc(S(=O)(=O)O)cc1. The molecular formula is C23H26N2O8S. The number of ether oxygens (including phenoxy) is 1. The molecule has 0 radical (unpaired) electrons. The van der Waals surface area contributed by atoms with Crippen molar-refractivity contribution in [2.24, 2.45) is 5.73 Å². The van der Waals surface area contributed by atoms with Gasteiger partial charge in [0.25, 0.3) is 16.0 Å². The van der Waals surface area contributed by atoms with Crippen LogP contribution >= 0.6 is 0 Å². The van der Waals surface area contributed by atoms with Gasteiger partial charge in [-0.1, -0.05) is 48.0 Å². The molecule has 1 heterocycles. The van der Waals surface area contributed by atoms with Gasteiger partial charge in [-0.25, -0.2) is 4.79 Å². The quantitative estimate of drug-likeness (QED) is 0.237. The Morgan fingerprint density at radius 1 is 1.06 bits per heavy atom. The van der Waals surface area contributed by atoms with Crippen molar-refractivity contribution >= 4 is 28.0 Å². The van der Waals surface area contributed by atoms with Gasteiger partial charge in [0, 0.05) is 0 Å². The molecule has 1 saturated heterocycles. The van der Waals surface area contributed by atoms with E-state index in [0.717, 1.165) is 16.0 Å². The van der Waals surface area contributed by atoms with Crippen molar-refractivity contribution in [3.05, 3.63) is 77.0 Å². The number of carboxylic acid groups (broad SMARTS) is 1. The maximum Gasteiger partial charge on any atom is 0.352 e. The highest BCUT2D eigenvalue weighted by Gasteiger charge is 2.51. The average molecular weight is 491 g/mol. The summed E-state index contributed by atoms with van der Waals surface area (Å²) in [6, 6.07) is 13.9. The molecule has 182 valence electrons. The predicted octanol–water partition coefficient (Wildman–Crippen LogP) is 1.89. The summed E-state index contributed by atoms with van der Waals surface area (Å²) in [5, 5.41) is 9.24. The smallest absolute Gasteiger partial charge is 0.352 e. The summed E-state index contributed by atoms with van der Waals surface area (Å²) < 4.78 is 34.8. The van der Waals surface area contributed by atoms with Gasteiger partial charge < -0.3 is 15.6 Å². The van der Waals surface area contributed by atoms with Crippen LogP contribution in [-0.2, 0) is 35.7 Å². The van der Waals surface area contributed by atoms with Gasteiger partial charge >= 0.3 is 11.9 Å². The molecule has 4 N–H and O–H groups in total. The van der Waals surface area contributed by atoms with Crippen LogP contribution in [0.3, 0.4) is 0 Å². The zero-order valence-electron chi connectivity index (χ0n) is 18.8. The third-order valence-electron chi connectivity index (χ3n) is 4.76. The lowest BCUT2D eigenvalue weighted by molar-refractivity contribution is -0.185. The van der Waals surface area contributed by atoms with Crippen LogP contribution in [0.15, 0.2) is 70.8 Å². The van der Waals surface area contributed by atoms with Gasteiger partial charge in [0.05, 0.1) is 11.3 Å². The third kappa shape index (κ3) is 6.73. The first-order valence-corrected chi connectivity index (χ1v) is 11.5. The number of carbonyl (C=O) groups is 3. The minimum Gasteiger partial charge on any atom is -0.477 e. The summed E-state index contributed by atoms with van der Waals surface area (Å²) in [7, 11) is -4.02. The predicted molar refractivity (Wildman–Crippen MR) is 122 cm³/mol. The van der Waals surface area contributed by atoms with E-state index in [0.29, 0.717) is 5.57 Å². The summed E-state index contributed by atoms with van der Waals surface area (Å²) in [6.07, 6.45) is -1.08. The van der Waals surface area contributed by atoms with E-state index in [1.165, 1.54) is 12.1 Å². The molecule has 2 atom stereocenters. The van der Waals surface area contributed by atoms with E-state index in [-0.39, 0.29) is 17.0 Å². The Morgan fingerprint density at radius 2 is 1.62 bits per heavy atom. The van der Waals surface area contributed by atoms with Gasteiger partial charge in [-0.05, 0) is 44.0 Å². The average Bonchev–Trinajstić information content (AvgIpc) is 2.76. The summed E-state index contributed by atoms with van der Waals surface area (Å²) in [6.45, 7) is 4.96. The van der Waals surface area contributed by atoms with Gasteiger partial charge in [-0.3, -0.25) is 19.0 Å². The van der Waals surface area contributed by atoms with E-state index in [1.807, 2.05) is 13.0 Å². The van der Waals surface area contributed by atoms with Crippen molar-refractivity contribution in [3.63, 3.8) is 0 Å². The molecule has 1 aliphatic rings. The number of allylic oxidation sites excluding steroid dienone is 1. The number of benzene rings is 2. The van der Waals surface area contributed by atoms with Crippen molar-refractivity contribution in [2.75, 3.05) is 0 Å².